The number of Topliss-reactive ketones (excluding diaryl/α,β-unsaturated/α-hetero) is 1. The van der Waals surface area contributed by atoms with Crippen LogP contribution in [0, 0.1) is 0 Å². The van der Waals surface area contributed by atoms with Gasteiger partial charge in [0.05, 0.1) is 17.4 Å². The highest BCUT2D eigenvalue weighted by Crippen LogP contribution is 2.21. The zero-order valence-corrected chi connectivity index (χ0v) is 16.9. The van der Waals surface area contributed by atoms with Crippen LogP contribution in [0.3, 0.4) is 0 Å². The van der Waals surface area contributed by atoms with E-state index < -0.39 is 0 Å². The highest BCUT2D eigenvalue weighted by atomic mass is 16.1. The number of pyridine rings is 1. The highest BCUT2D eigenvalue weighted by Gasteiger charge is 2.15. The number of rotatable bonds is 7. The number of aromatic nitrogens is 1. The van der Waals surface area contributed by atoms with E-state index in [1.54, 1.807) is 36.7 Å². The number of anilines is 2. The topological polar surface area (TPSA) is 62.3 Å². The number of hydrogen-bond acceptors (Lipinski definition) is 4. The highest BCUT2D eigenvalue weighted by molar-refractivity contribution is 6.05. The van der Waals surface area contributed by atoms with E-state index in [-0.39, 0.29) is 17.7 Å². The Bertz CT molecular complexity index is 983. The van der Waals surface area contributed by atoms with Gasteiger partial charge < -0.3 is 10.2 Å². The van der Waals surface area contributed by atoms with Crippen molar-refractivity contribution in [3.05, 3.63) is 89.7 Å². The summed E-state index contributed by atoms with van der Waals surface area (Å²) >= 11 is 0. The quantitative estimate of drug-likeness (QED) is 0.583. The van der Waals surface area contributed by atoms with E-state index in [1.807, 2.05) is 24.3 Å². The van der Waals surface area contributed by atoms with Crippen molar-refractivity contribution in [2.45, 2.75) is 33.4 Å². The summed E-state index contributed by atoms with van der Waals surface area (Å²) in [7, 11) is 0. The first-order chi connectivity index (χ1) is 13.9. The molecule has 0 bridgehead atoms. The zero-order valence-electron chi connectivity index (χ0n) is 16.9. The average molecular weight is 387 g/mol. The molecule has 0 unspecified atom stereocenters. The molecule has 3 aromatic rings. The van der Waals surface area contributed by atoms with Crippen molar-refractivity contribution in [3.8, 4) is 0 Å². The number of carbonyl (C=O) groups is 2. The van der Waals surface area contributed by atoms with Gasteiger partial charge in [-0.1, -0.05) is 30.3 Å². The lowest BCUT2D eigenvalue weighted by Crippen LogP contribution is -2.30. The molecule has 1 aromatic heterocycles. The Morgan fingerprint density at radius 1 is 0.966 bits per heavy atom. The number of amides is 1. The lowest BCUT2D eigenvalue weighted by Gasteiger charge is -2.29. The molecular weight excluding hydrogens is 362 g/mol. The fourth-order valence-corrected chi connectivity index (χ4v) is 3.05. The molecule has 0 saturated carbocycles. The fraction of sp³-hybridized carbons (Fsp3) is 0.208. The van der Waals surface area contributed by atoms with Gasteiger partial charge in [-0.05, 0) is 56.7 Å². The van der Waals surface area contributed by atoms with Crippen LogP contribution in [0.4, 0.5) is 11.4 Å². The van der Waals surface area contributed by atoms with Gasteiger partial charge in [-0.2, -0.15) is 0 Å². The van der Waals surface area contributed by atoms with E-state index in [0.717, 1.165) is 12.2 Å². The molecule has 148 valence electrons. The predicted octanol–water partition coefficient (Wildman–Crippen LogP) is 4.95. The van der Waals surface area contributed by atoms with Crippen molar-refractivity contribution in [2.24, 2.45) is 0 Å². The zero-order chi connectivity index (χ0) is 20.8. The number of nitrogens with zero attached hydrogens (tertiary/aromatic N) is 2. The Morgan fingerprint density at radius 3 is 2.28 bits per heavy atom. The lowest BCUT2D eigenvalue weighted by atomic mass is 10.1. The van der Waals surface area contributed by atoms with Gasteiger partial charge in [-0.25, -0.2) is 0 Å². The smallest absolute Gasteiger partial charge is 0.257 e. The third kappa shape index (κ3) is 5.29. The van der Waals surface area contributed by atoms with E-state index in [0.29, 0.717) is 16.8 Å². The van der Waals surface area contributed by atoms with Gasteiger partial charge in [-0.3, -0.25) is 14.6 Å². The molecule has 3 rings (SSSR count). The van der Waals surface area contributed by atoms with E-state index in [2.05, 4.69) is 41.2 Å². The SMILES string of the molecule is CC(=O)c1ccc(NC(=O)c2cncc(N(Cc3ccccc3)C(C)C)c2)cc1. The van der Waals surface area contributed by atoms with E-state index >= 15 is 0 Å². The molecule has 0 aliphatic rings. The Morgan fingerprint density at radius 2 is 1.66 bits per heavy atom. The van der Waals surface area contributed by atoms with Gasteiger partial charge in [0.2, 0.25) is 0 Å². The molecule has 0 aliphatic carbocycles. The molecule has 0 fully saturated rings. The largest absolute Gasteiger partial charge is 0.364 e. The molecule has 0 atom stereocenters. The Labute approximate surface area is 171 Å². The number of nitrogens with one attached hydrogen (secondary N) is 1. The number of carbonyl (C=O) groups excluding carboxylic acids is 2. The van der Waals surface area contributed by atoms with Crippen LogP contribution < -0.4 is 10.2 Å². The summed E-state index contributed by atoms with van der Waals surface area (Å²) < 4.78 is 0. The van der Waals surface area contributed by atoms with E-state index in [9.17, 15) is 9.59 Å². The van der Waals surface area contributed by atoms with Crippen LogP contribution in [-0.4, -0.2) is 22.7 Å². The molecule has 0 aliphatic heterocycles. The molecular formula is C24H25N3O2. The molecule has 0 saturated heterocycles. The number of hydrogen-bond donors (Lipinski definition) is 1. The van der Waals surface area contributed by atoms with Crippen molar-refractivity contribution in [2.75, 3.05) is 10.2 Å². The second kappa shape index (κ2) is 9.15. The van der Waals surface area contributed by atoms with Gasteiger partial charge in [0.15, 0.2) is 5.78 Å². The average Bonchev–Trinajstić information content (AvgIpc) is 2.73. The van der Waals surface area contributed by atoms with Crippen LogP contribution in [0.1, 0.15) is 47.1 Å². The molecule has 29 heavy (non-hydrogen) atoms. The molecule has 0 spiro atoms. The van der Waals surface area contributed by atoms with Crippen molar-refractivity contribution in [1.82, 2.24) is 4.98 Å². The molecule has 5 nitrogen and oxygen atoms in total. The van der Waals surface area contributed by atoms with Crippen molar-refractivity contribution in [1.29, 1.82) is 0 Å². The molecule has 0 radical (unpaired) electrons. The Balaban J connectivity index is 1.78. The minimum Gasteiger partial charge on any atom is -0.364 e. The van der Waals surface area contributed by atoms with Crippen molar-refractivity contribution < 1.29 is 9.59 Å². The van der Waals surface area contributed by atoms with Crippen LogP contribution in [0.15, 0.2) is 73.1 Å². The fourth-order valence-electron chi connectivity index (χ4n) is 3.05. The van der Waals surface area contributed by atoms with Crippen LogP contribution in [0.5, 0.6) is 0 Å². The van der Waals surface area contributed by atoms with Gasteiger partial charge in [0.1, 0.15) is 0 Å². The summed E-state index contributed by atoms with van der Waals surface area (Å²) in [6.45, 7) is 6.48. The second-order valence-corrected chi connectivity index (χ2v) is 7.23. The van der Waals surface area contributed by atoms with Crippen LogP contribution >= 0.6 is 0 Å². The maximum atomic E-state index is 12.7. The minimum absolute atomic E-state index is 0.00743. The van der Waals surface area contributed by atoms with Crippen LogP contribution in [-0.2, 0) is 6.54 Å². The molecule has 5 heteroatoms. The Hall–Kier alpha value is -3.47. The van der Waals surface area contributed by atoms with Gasteiger partial charge in [0.25, 0.3) is 5.91 Å². The lowest BCUT2D eigenvalue weighted by molar-refractivity contribution is 0.101. The molecule has 2 aromatic carbocycles. The predicted molar refractivity (Wildman–Crippen MR) is 116 cm³/mol. The summed E-state index contributed by atoms with van der Waals surface area (Å²) in [5.41, 5.74) is 3.82. The monoisotopic (exact) mass is 387 g/mol. The third-order valence-corrected chi connectivity index (χ3v) is 4.69. The summed E-state index contributed by atoms with van der Waals surface area (Å²) in [5.74, 6) is -0.245. The first kappa shape index (κ1) is 20.3. The molecule has 1 N–H and O–H groups in total. The van der Waals surface area contributed by atoms with E-state index in [4.69, 9.17) is 0 Å². The second-order valence-electron chi connectivity index (χ2n) is 7.23. The first-order valence-corrected chi connectivity index (χ1v) is 9.62. The summed E-state index contributed by atoms with van der Waals surface area (Å²) in [5, 5.41) is 2.86. The number of ketones is 1. The van der Waals surface area contributed by atoms with Gasteiger partial charge >= 0.3 is 0 Å². The number of benzene rings is 2. The normalized spacial score (nSPS) is 10.6. The summed E-state index contributed by atoms with van der Waals surface area (Å²) in [6, 6.07) is 19.2. The minimum atomic E-state index is -0.238. The van der Waals surface area contributed by atoms with E-state index in [1.165, 1.54) is 12.5 Å². The third-order valence-electron chi connectivity index (χ3n) is 4.69. The maximum Gasteiger partial charge on any atom is 0.257 e. The Kier molecular flexibility index (Phi) is 6.39. The summed E-state index contributed by atoms with van der Waals surface area (Å²) in [4.78, 5) is 30.6. The summed E-state index contributed by atoms with van der Waals surface area (Å²) in [6.07, 6.45) is 3.34. The maximum absolute atomic E-state index is 12.7. The molecule has 1 heterocycles. The van der Waals surface area contributed by atoms with Crippen LogP contribution in [0.25, 0.3) is 0 Å². The molecule has 1 amide bonds. The van der Waals surface area contributed by atoms with Gasteiger partial charge in [0, 0.05) is 30.0 Å². The standard InChI is InChI=1S/C24H25N3O2/c1-17(2)27(16-19-7-5-4-6-8-19)23-13-21(14-25-15-23)24(29)26-22-11-9-20(10-12-22)18(3)28/h4-15,17H,16H2,1-3H3,(H,26,29). The van der Waals surface area contributed by atoms with Crippen molar-refractivity contribution in [3.63, 3.8) is 0 Å². The van der Waals surface area contributed by atoms with Crippen molar-refractivity contribution >= 4 is 23.1 Å². The van der Waals surface area contributed by atoms with Gasteiger partial charge in [-0.15, -0.1) is 0 Å². The first-order valence-electron chi connectivity index (χ1n) is 9.62. The van der Waals surface area contributed by atoms with Crippen LogP contribution in [0.2, 0.25) is 0 Å².